The average Bonchev–Trinajstić information content (AvgIpc) is 2.76. The molecule has 0 saturated heterocycles. The number of rotatable bonds is 7. The third kappa shape index (κ3) is 5.69. The van der Waals surface area contributed by atoms with Crippen molar-refractivity contribution in [2.75, 3.05) is 12.4 Å². The Morgan fingerprint density at radius 2 is 2.16 bits per heavy atom. The van der Waals surface area contributed by atoms with Crippen LogP contribution in [0.4, 0.5) is 4.79 Å². The van der Waals surface area contributed by atoms with Gasteiger partial charge in [-0.05, 0) is 25.0 Å². The summed E-state index contributed by atoms with van der Waals surface area (Å²) in [5, 5.41) is 23.4. The van der Waals surface area contributed by atoms with E-state index in [1.807, 2.05) is 11.8 Å². The van der Waals surface area contributed by atoms with E-state index in [2.05, 4.69) is 17.6 Å². The van der Waals surface area contributed by atoms with Gasteiger partial charge in [0.05, 0.1) is 0 Å². The Bertz CT molecular complexity index is 314. The number of carbonyl (C=O) groups excluding carboxylic acids is 1. The first kappa shape index (κ1) is 16.1. The van der Waals surface area contributed by atoms with Crippen molar-refractivity contribution in [1.29, 1.82) is 0 Å². The maximum absolute atomic E-state index is 11.7. The van der Waals surface area contributed by atoms with Crippen LogP contribution in [0.2, 0.25) is 0 Å². The molecule has 6 nitrogen and oxygen atoms in total. The molecule has 0 heterocycles. The van der Waals surface area contributed by atoms with Gasteiger partial charge in [0, 0.05) is 24.3 Å². The van der Waals surface area contributed by atoms with Gasteiger partial charge in [-0.15, -0.1) is 0 Å². The molecule has 0 aromatic heterocycles. The molecule has 2 amide bonds. The number of aliphatic hydroxyl groups is 1. The zero-order valence-electron chi connectivity index (χ0n) is 11.1. The summed E-state index contributed by atoms with van der Waals surface area (Å²) in [6.45, 7) is 1.85. The highest BCUT2D eigenvalue weighted by Gasteiger charge is 2.27. The minimum atomic E-state index is -1.13. The average molecular weight is 290 g/mol. The number of amides is 2. The van der Waals surface area contributed by atoms with E-state index in [0.29, 0.717) is 5.25 Å². The van der Waals surface area contributed by atoms with E-state index in [9.17, 15) is 9.59 Å². The van der Waals surface area contributed by atoms with E-state index in [-0.39, 0.29) is 19.1 Å². The van der Waals surface area contributed by atoms with Crippen molar-refractivity contribution >= 4 is 23.8 Å². The first-order valence-electron chi connectivity index (χ1n) is 6.59. The van der Waals surface area contributed by atoms with Gasteiger partial charge in [0.1, 0.15) is 6.04 Å². The van der Waals surface area contributed by atoms with Crippen LogP contribution in [-0.4, -0.2) is 51.9 Å². The summed E-state index contributed by atoms with van der Waals surface area (Å²) in [7, 11) is 0. The Hall–Kier alpha value is -0.950. The van der Waals surface area contributed by atoms with Crippen molar-refractivity contribution in [1.82, 2.24) is 10.6 Å². The molecule has 0 radical (unpaired) electrons. The van der Waals surface area contributed by atoms with E-state index < -0.39 is 18.0 Å². The molecule has 0 spiro atoms. The van der Waals surface area contributed by atoms with Crippen LogP contribution in [0.3, 0.4) is 0 Å². The first-order valence-corrected chi connectivity index (χ1v) is 7.64. The fourth-order valence-corrected chi connectivity index (χ4v) is 3.37. The molecule has 0 aliphatic heterocycles. The van der Waals surface area contributed by atoms with Crippen LogP contribution in [0.25, 0.3) is 0 Å². The molecule has 1 rings (SSSR count). The molecule has 110 valence electrons. The van der Waals surface area contributed by atoms with Crippen LogP contribution in [0.1, 0.15) is 32.6 Å². The highest BCUT2D eigenvalue weighted by Crippen LogP contribution is 2.29. The van der Waals surface area contributed by atoms with Gasteiger partial charge in [0.2, 0.25) is 0 Å². The van der Waals surface area contributed by atoms with Gasteiger partial charge in [-0.25, -0.2) is 9.59 Å². The van der Waals surface area contributed by atoms with Gasteiger partial charge in [0.25, 0.3) is 0 Å². The minimum Gasteiger partial charge on any atom is -0.480 e. The summed E-state index contributed by atoms with van der Waals surface area (Å²) in [4.78, 5) is 22.5. The fraction of sp³-hybridized carbons (Fsp3) is 0.833. The second kappa shape index (κ2) is 8.27. The Morgan fingerprint density at radius 3 is 2.74 bits per heavy atom. The maximum Gasteiger partial charge on any atom is 0.326 e. The number of urea groups is 1. The molecule has 1 saturated carbocycles. The molecule has 0 aromatic carbocycles. The van der Waals surface area contributed by atoms with Gasteiger partial charge < -0.3 is 20.8 Å². The summed E-state index contributed by atoms with van der Waals surface area (Å²) in [5.74, 6) is -0.0590. The molecule has 4 N–H and O–H groups in total. The Kier molecular flexibility index (Phi) is 7.01. The number of carbonyl (C=O) groups is 2. The second-order valence-corrected chi connectivity index (χ2v) is 6.19. The van der Waals surface area contributed by atoms with Crippen molar-refractivity contribution < 1.29 is 19.8 Å². The number of hydrogen-bond donors (Lipinski definition) is 4. The molecule has 19 heavy (non-hydrogen) atoms. The van der Waals surface area contributed by atoms with Crippen LogP contribution in [0, 0.1) is 0 Å². The highest BCUT2D eigenvalue weighted by molar-refractivity contribution is 7.99. The summed E-state index contributed by atoms with van der Waals surface area (Å²) in [6, 6.07) is -1.38. The highest BCUT2D eigenvalue weighted by atomic mass is 32.2. The number of thioether (sulfide) groups is 1. The van der Waals surface area contributed by atoms with Gasteiger partial charge in [-0.2, -0.15) is 11.8 Å². The van der Waals surface area contributed by atoms with E-state index in [1.54, 1.807) is 0 Å². The molecule has 1 aliphatic carbocycles. The predicted molar refractivity (Wildman–Crippen MR) is 74.4 cm³/mol. The Labute approximate surface area is 117 Å². The summed E-state index contributed by atoms with van der Waals surface area (Å²) >= 11 is 1.90. The summed E-state index contributed by atoms with van der Waals surface area (Å²) in [6.07, 6.45) is 2.97. The summed E-state index contributed by atoms with van der Waals surface area (Å²) in [5.41, 5.74) is 0. The molecule has 3 atom stereocenters. The van der Waals surface area contributed by atoms with Gasteiger partial charge in [-0.1, -0.05) is 6.92 Å². The van der Waals surface area contributed by atoms with Gasteiger partial charge in [-0.3, -0.25) is 0 Å². The molecule has 7 heteroatoms. The second-order valence-electron chi connectivity index (χ2n) is 4.61. The quantitative estimate of drug-likeness (QED) is 0.556. The fourth-order valence-electron chi connectivity index (χ4n) is 2.23. The molecule has 0 bridgehead atoms. The van der Waals surface area contributed by atoms with Crippen LogP contribution < -0.4 is 10.6 Å². The number of carboxylic acids is 1. The lowest BCUT2D eigenvalue weighted by Gasteiger charge is -2.17. The molecule has 3 unspecified atom stereocenters. The topological polar surface area (TPSA) is 98.7 Å². The molecule has 1 fully saturated rings. The first-order chi connectivity index (χ1) is 9.06. The number of carboxylic acid groups (broad SMARTS) is 1. The SMILES string of the molecule is CCSC1CCC(NC(=O)NC(CCO)C(=O)O)C1. The third-order valence-electron chi connectivity index (χ3n) is 3.14. The zero-order chi connectivity index (χ0) is 14.3. The lowest BCUT2D eigenvalue weighted by Crippen LogP contribution is -2.48. The smallest absolute Gasteiger partial charge is 0.326 e. The van der Waals surface area contributed by atoms with E-state index in [4.69, 9.17) is 10.2 Å². The molecular weight excluding hydrogens is 268 g/mol. The Balaban J connectivity index is 2.32. The van der Waals surface area contributed by atoms with E-state index in [0.717, 1.165) is 25.0 Å². The standard InChI is InChI=1S/C12H22N2O4S/c1-2-19-9-4-3-8(7-9)13-12(18)14-10(5-6-15)11(16)17/h8-10,15H,2-7H2,1H3,(H,16,17)(H2,13,14,18). The van der Waals surface area contributed by atoms with E-state index >= 15 is 0 Å². The number of hydrogen-bond acceptors (Lipinski definition) is 4. The van der Waals surface area contributed by atoms with Crippen molar-refractivity contribution in [3.63, 3.8) is 0 Å². The molecular formula is C12H22N2O4S. The maximum atomic E-state index is 11.7. The number of aliphatic carboxylic acids is 1. The lowest BCUT2D eigenvalue weighted by molar-refractivity contribution is -0.139. The van der Waals surface area contributed by atoms with Crippen molar-refractivity contribution in [2.45, 2.75) is 49.9 Å². The molecule has 0 aromatic rings. The lowest BCUT2D eigenvalue weighted by atomic mass is 10.2. The Morgan fingerprint density at radius 1 is 1.42 bits per heavy atom. The monoisotopic (exact) mass is 290 g/mol. The predicted octanol–water partition coefficient (Wildman–Crippen LogP) is 0.795. The van der Waals surface area contributed by atoms with Gasteiger partial charge >= 0.3 is 12.0 Å². The molecule has 1 aliphatic rings. The zero-order valence-corrected chi connectivity index (χ0v) is 11.9. The van der Waals surface area contributed by atoms with Crippen molar-refractivity contribution in [2.24, 2.45) is 0 Å². The number of nitrogens with one attached hydrogen (secondary N) is 2. The van der Waals surface area contributed by atoms with Crippen LogP contribution >= 0.6 is 11.8 Å². The minimum absolute atomic E-state index is 0.0156. The van der Waals surface area contributed by atoms with Crippen LogP contribution in [0.15, 0.2) is 0 Å². The van der Waals surface area contributed by atoms with Crippen molar-refractivity contribution in [3.05, 3.63) is 0 Å². The van der Waals surface area contributed by atoms with Crippen molar-refractivity contribution in [3.8, 4) is 0 Å². The van der Waals surface area contributed by atoms with Gasteiger partial charge in [0.15, 0.2) is 0 Å². The third-order valence-corrected chi connectivity index (χ3v) is 4.38. The van der Waals surface area contributed by atoms with Crippen LogP contribution in [0.5, 0.6) is 0 Å². The summed E-state index contributed by atoms with van der Waals surface area (Å²) < 4.78 is 0. The van der Waals surface area contributed by atoms with Crippen LogP contribution in [-0.2, 0) is 4.79 Å². The normalized spacial score (nSPS) is 23.9. The largest absolute Gasteiger partial charge is 0.480 e. The van der Waals surface area contributed by atoms with E-state index in [1.165, 1.54) is 0 Å². The number of aliphatic hydroxyl groups excluding tert-OH is 1.